The molecule has 1 aromatic carbocycles. The number of nitrogens with one attached hydrogen (secondary N) is 2. The third-order valence-electron chi connectivity index (χ3n) is 3.65. The van der Waals surface area contributed by atoms with E-state index in [1.54, 1.807) is 18.3 Å². The number of hydrogen-bond donors (Lipinski definition) is 2. The monoisotopic (exact) mass is 288 g/mol. The van der Waals surface area contributed by atoms with Gasteiger partial charge in [-0.25, -0.2) is 9.18 Å². The van der Waals surface area contributed by atoms with Crippen molar-refractivity contribution in [2.45, 2.75) is 32.0 Å². The fourth-order valence-electron chi connectivity index (χ4n) is 2.51. The van der Waals surface area contributed by atoms with Crippen LogP contribution in [0.5, 0.6) is 0 Å². The molecule has 2 heterocycles. The number of fused-ring (bicyclic) bond motifs is 1. The second kappa shape index (κ2) is 5.95. The number of hydrogen-bond acceptors (Lipinski definition) is 2. The Morgan fingerprint density at radius 2 is 2.14 bits per heavy atom. The molecule has 0 saturated heterocycles. The van der Waals surface area contributed by atoms with Crippen LogP contribution in [0.25, 0.3) is 0 Å². The van der Waals surface area contributed by atoms with Crippen molar-refractivity contribution in [3.05, 3.63) is 53.6 Å². The molecule has 2 aromatic rings. The molecule has 1 aliphatic rings. The molecule has 5 nitrogen and oxygen atoms in total. The molecule has 110 valence electrons. The molecule has 0 spiro atoms. The zero-order valence-electron chi connectivity index (χ0n) is 11.6. The number of aromatic nitrogens is 2. The number of nitrogens with zero attached hydrogens (tertiary/aromatic N) is 2. The van der Waals surface area contributed by atoms with Gasteiger partial charge in [-0.3, -0.25) is 4.68 Å². The van der Waals surface area contributed by atoms with Gasteiger partial charge >= 0.3 is 6.03 Å². The first-order chi connectivity index (χ1) is 10.2. The van der Waals surface area contributed by atoms with Crippen molar-refractivity contribution in [2.24, 2.45) is 0 Å². The number of amides is 2. The van der Waals surface area contributed by atoms with Gasteiger partial charge in [-0.2, -0.15) is 5.10 Å². The Morgan fingerprint density at radius 1 is 1.33 bits per heavy atom. The van der Waals surface area contributed by atoms with Crippen molar-refractivity contribution in [1.82, 2.24) is 20.4 Å². The quantitative estimate of drug-likeness (QED) is 0.905. The number of benzene rings is 1. The minimum Gasteiger partial charge on any atom is -0.335 e. The molecule has 0 radical (unpaired) electrons. The van der Waals surface area contributed by atoms with E-state index in [4.69, 9.17) is 0 Å². The zero-order chi connectivity index (χ0) is 14.7. The van der Waals surface area contributed by atoms with Gasteiger partial charge in [0.1, 0.15) is 5.82 Å². The molecule has 0 fully saturated rings. The predicted molar refractivity (Wildman–Crippen MR) is 76.1 cm³/mol. The van der Waals surface area contributed by atoms with E-state index in [-0.39, 0.29) is 17.9 Å². The summed E-state index contributed by atoms with van der Waals surface area (Å²) in [5.41, 5.74) is 2.01. The van der Waals surface area contributed by atoms with Crippen molar-refractivity contribution >= 4 is 6.03 Å². The number of rotatable bonds is 3. The molecule has 0 aliphatic carbocycles. The van der Waals surface area contributed by atoms with Gasteiger partial charge in [-0.15, -0.1) is 0 Å². The number of carbonyl (C=O) groups is 1. The van der Waals surface area contributed by atoms with Crippen LogP contribution in [0.1, 0.15) is 17.7 Å². The highest BCUT2D eigenvalue weighted by atomic mass is 19.1. The van der Waals surface area contributed by atoms with Crippen LogP contribution in [0.4, 0.5) is 9.18 Å². The van der Waals surface area contributed by atoms with E-state index in [0.29, 0.717) is 6.54 Å². The number of aryl methyl sites for hydroxylation is 1. The van der Waals surface area contributed by atoms with Crippen LogP contribution in [-0.2, 0) is 19.5 Å². The minimum atomic E-state index is -0.276. The van der Waals surface area contributed by atoms with Crippen molar-refractivity contribution in [2.75, 3.05) is 0 Å². The SMILES string of the molecule is O=C(NCc1ccc(F)cc1)NC1CCn2nccc2C1. The Balaban J connectivity index is 1.47. The fourth-order valence-corrected chi connectivity index (χ4v) is 2.51. The standard InChI is InChI=1S/C15H17FN4O/c16-12-3-1-11(2-4-12)10-17-15(21)19-13-6-8-20-14(9-13)5-7-18-20/h1-5,7,13H,6,8-10H2,(H2,17,19,21). The lowest BCUT2D eigenvalue weighted by Gasteiger charge is -2.24. The third kappa shape index (κ3) is 3.39. The van der Waals surface area contributed by atoms with Crippen LogP contribution in [-0.4, -0.2) is 21.9 Å². The molecule has 21 heavy (non-hydrogen) atoms. The molecule has 1 atom stereocenters. The maximum Gasteiger partial charge on any atom is 0.315 e. The van der Waals surface area contributed by atoms with E-state index in [0.717, 1.165) is 30.6 Å². The lowest BCUT2D eigenvalue weighted by atomic mass is 10.0. The molecule has 1 aromatic heterocycles. The molecule has 1 unspecified atom stereocenters. The Bertz CT molecular complexity index is 623. The van der Waals surface area contributed by atoms with Crippen LogP contribution >= 0.6 is 0 Å². The molecule has 0 saturated carbocycles. The second-order valence-electron chi connectivity index (χ2n) is 5.19. The van der Waals surface area contributed by atoms with Crippen LogP contribution < -0.4 is 10.6 Å². The molecule has 0 bridgehead atoms. The smallest absolute Gasteiger partial charge is 0.315 e. The van der Waals surface area contributed by atoms with Crippen LogP contribution in [0, 0.1) is 5.82 Å². The summed E-state index contributed by atoms with van der Waals surface area (Å²) >= 11 is 0. The molecular weight excluding hydrogens is 271 g/mol. The van der Waals surface area contributed by atoms with E-state index >= 15 is 0 Å². The van der Waals surface area contributed by atoms with Gasteiger partial charge < -0.3 is 10.6 Å². The summed E-state index contributed by atoms with van der Waals surface area (Å²) in [5, 5.41) is 9.97. The van der Waals surface area contributed by atoms with Crippen molar-refractivity contribution in [1.29, 1.82) is 0 Å². The highest BCUT2D eigenvalue weighted by Crippen LogP contribution is 2.13. The third-order valence-corrected chi connectivity index (χ3v) is 3.65. The number of carbonyl (C=O) groups excluding carboxylic acids is 1. The van der Waals surface area contributed by atoms with Gasteiger partial charge in [-0.05, 0) is 30.2 Å². The van der Waals surface area contributed by atoms with E-state index < -0.39 is 0 Å². The van der Waals surface area contributed by atoms with E-state index in [1.807, 2.05) is 10.7 Å². The Morgan fingerprint density at radius 3 is 2.95 bits per heavy atom. The zero-order valence-corrected chi connectivity index (χ0v) is 11.6. The summed E-state index contributed by atoms with van der Waals surface area (Å²) in [6, 6.07) is 8.00. The first kappa shape index (κ1) is 13.6. The molecule has 2 N–H and O–H groups in total. The average Bonchev–Trinajstić information content (AvgIpc) is 2.94. The molecule has 2 amide bonds. The van der Waals surface area contributed by atoms with Gasteiger partial charge in [0.15, 0.2) is 0 Å². The van der Waals surface area contributed by atoms with Crippen molar-refractivity contribution < 1.29 is 9.18 Å². The molecule has 3 rings (SSSR count). The topological polar surface area (TPSA) is 59.0 Å². The largest absolute Gasteiger partial charge is 0.335 e. The normalized spacial score (nSPS) is 17.1. The molecule has 6 heteroatoms. The summed E-state index contributed by atoms with van der Waals surface area (Å²) < 4.78 is 14.7. The van der Waals surface area contributed by atoms with Gasteiger partial charge in [0.2, 0.25) is 0 Å². The lowest BCUT2D eigenvalue weighted by Crippen LogP contribution is -2.45. The van der Waals surface area contributed by atoms with Crippen molar-refractivity contribution in [3.63, 3.8) is 0 Å². The van der Waals surface area contributed by atoms with Crippen LogP contribution in [0.2, 0.25) is 0 Å². The highest BCUT2D eigenvalue weighted by Gasteiger charge is 2.20. The van der Waals surface area contributed by atoms with Gasteiger partial charge in [-0.1, -0.05) is 12.1 Å². The fraction of sp³-hybridized carbons (Fsp3) is 0.333. The van der Waals surface area contributed by atoms with E-state index in [9.17, 15) is 9.18 Å². The molecular formula is C15H17FN4O. The summed E-state index contributed by atoms with van der Waals surface area (Å²) in [7, 11) is 0. The highest BCUT2D eigenvalue weighted by molar-refractivity contribution is 5.74. The Hall–Kier alpha value is -2.37. The van der Waals surface area contributed by atoms with Gasteiger partial charge in [0.05, 0.1) is 0 Å². The Kier molecular flexibility index (Phi) is 3.85. The Labute approximate surface area is 122 Å². The maximum absolute atomic E-state index is 12.8. The number of halogens is 1. The summed E-state index contributed by atoms with van der Waals surface area (Å²) in [6.45, 7) is 1.21. The number of urea groups is 1. The lowest BCUT2D eigenvalue weighted by molar-refractivity contribution is 0.233. The molecule has 1 aliphatic heterocycles. The average molecular weight is 288 g/mol. The maximum atomic E-state index is 12.8. The predicted octanol–water partition coefficient (Wildman–Crippen LogP) is 1.84. The van der Waals surface area contributed by atoms with Crippen molar-refractivity contribution in [3.8, 4) is 0 Å². The van der Waals surface area contributed by atoms with E-state index in [1.165, 1.54) is 12.1 Å². The van der Waals surface area contributed by atoms with Gasteiger partial charge in [0, 0.05) is 37.4 Å². The van der Waals surface area contributed by atoms with Crippen LogP contribution in [0.3, 0.4) is 0 Å². The summed E-state index contributed by atoms with van der Waals surface area (Å²) in [5.74, 6) is -0.276. The van der Waals surface area contributed by atoms with E-state index in [2.05, 4.69) is 15.7 Å². The van der Waals surface area contributed by atoms with Crippen LogP contribution in [0.15, 0.2) is 36.5 Å². The minimum absolute atomic E-state index is 0.127. The summed E-state index contributed by atoms with van der Waals surface area (Å²) in [6.07, 6.45) is 3.45. The second-order valence-corrected chi connectivity index (χ2v) is 5.19. The first-order valence-electron chi connectivity index (χ1n) is 7.00. The van der Waals surface area contributed by atoms with Gasteiger partial charge in [0.25, 0.3) is 0 Å². The summed E-state index contributed by atoms with van der Waals surface area (Å²) in [4.78, 5) is 11.9. The first-order valence-corrected chi connectivity index (χ1v) is 7.00.